The minimum atomic E-state index is -0.552. The molecule has 13 aromatic rings. The second kappa shape index (κ2) is 16.0. The highest BCUT2D eigenvalue weighted by Crippen LogP contribution is 2.62. The number of para-hydroxylation sites is 2. The molecular formula is C74H50N2. The number of benzene rings is 12. The van der Waals surface area contributed by atoms with Gasteiger partial charge in [0.25, 0.3) is 0 Å². The third-order valence-corrected chi connectivity index (χ3v) is 17.4. The number of hydrogen-bond donors (Lipinski definition) is 0. The van der Waals surface area contributed by atoms with Crippen molar-refractivity contribution in [2.75, 3.05) is 4.90 Å². The second-order valence-electron chi connectivity index (χ2n) is 21.5. The van der Waals surface area contributed by atoms with Gasteiger partial charge in [-0.2, -0.15) is 0 Å². The van der Waals surface area contributed by atoms with E-state index in [1.807, 2.05) is 0 Å². The van der Waals surface area contributed by atoms with E-state index in [9.17, 15) is 0 Å². The predicted octanol–water partition coefficient (Wildman–Crippen LogP) is 19.4. The average molecular weight is 967 g/mol. The Kier molecular flexibility index (Phi) is 9.04. The first-order valence-corrected chi connectivity index (χ1v) is 26.7. The molecule has 2 heteroatoms. The van der Waals surface area contributed by atoms with E-state index in [0.717, 1.165) is 17.1 Å². The van der Waals surface area contributed by atoms with Crippen molar-refractivity contribution in [3.05, 3.63) is 300 Å². The maximum absolute atomic E-state index is 2.56. The molecule has 0 fully saturated rings. The molecule has 76 heavy (non-hydrogen) atoms. The minimum absolute atomic E-state index is 0.187. The summed E-state index contributed by atoms with van der Waals surface area (Å²) in [5.41, 5.74) is 26.7. The minimum Gasteiger partial charge on any atom is -0.310 e. The molecule has 1 aliphatic heterocycles. The van der Waals surface area contributed by atoms with Crippen LogP contribution in [-0.4, -0.2) is 4.57 Å². The van der Waals surface area contributed by atoms with Crippen molar-refractivity contribution in [1.29, 1.82) is 0 Å². The Bertz CT molecular complexity index is 4520. The smallest absolute Gasteiger partial charge is 0.0714 e. The summed E-state index contributed by atoms with van der Waals surface area (Å²) in [4.78, 5) is 2.54. The van der Waals surface area contributed by atoms with Gasteiger partial charge in [-0.1, -0.05) is 232 Å². The molecule has 2 nitrogen and oxygen atoms in total. The molecule has 1 aromatic heterocycles. The summed E-state index contributed by atoms with van der Waals surface area (Å²) in [5.74, 6) is 0. The Balaban J connectivity index is 0.964. The molecule has 3 aliphatic rings. The fourth-order valence-electron chi connectivity index (χ4n) is 14.1. The quantitative estimate of drug-likeness (QED) is 0.155. The summed E-state index contributed by atoms with van der Waals surface area (Å²) in [6, 6.07) is 100. The van der Waals surface area contributed by atoms with Crippen LogP contribution < -0.4 is 4.90 Å². The molecule has 0 spiro atoms. The summed E-state index contributed by atoms with van der Waals surface area (Å²) in [7, 11) is 0. The van der Waals surface area contributed by atoms with E-state index >= 15 is 0 Å². The standard InChI is InChI=1S/C74H50N2/c1-73(2)62-42-40-56(68-60-32-13-16-36-66(60)76-65-35-15-12-30-57(65)58-41-43-63(73)71(70(62)68)72(58)76)51-23-18-29-55(46-51)75(54-28-17-22-49(45-54)50-39-38-47-20-9-10-21-48(47)44-50)67-37-19-34-64-69(67)59-31-11-14-33-61(59)74(64,52-24-5-3-6-25-52)53-26-7-4-8-27-53/h3-46H,1-2H3. The van der Waals surface area contributed by atoms with Gasteiger partial charge in [0.15, 0.2) is 0 Å². The van der Waals surface area contributed by atoms with Gasteiger partial charge in [-0.05, 0) is 132 Å². The SMILES string of the molecule is CC1(C)c2ccc(-c3cccc(N(c4cccc(-c5ccc6ccccc6c5)c4)c4cccc5c4-c4ccccc4C5(c4ccccc4)c4ccccc4)c3)c3c2-c2c1ccc1c4ccccc4n(c21)-c1ccccc1-3. The number of nitrogens with zero attached hydrogens (tertiary/aromatic N) is 2. The molecule has 0 saturated carbocycles. The Morgan fingerprint density at radius 2 is 0.947 bits per heavy atom. The van der Waals surface area contributed by atoms with Gasteiger partial charge >= 0.3 is 0 Å². The van der Waals surface area contributed by atoms with E-state index in [2.05, 4.69) is 290 Å². The molecule has 0 radical (unpaired) electrons. The Hall–Kier alpha value is -9.50. The Morgan fingerprint density at radius 1 is 0.342 bits per heavy atom. The van der Waals surface area contributed by atoms with Crippen LogP contribution in [0.2, 0.25) is 0 Å². The predicted molar refractivity (Wildman–Crippen MR) is 318 cm³/mol. The Labute approximate surface area is 443 Å². The first-order valence-electron chi connectivity index (χ1n) is 26.7. The van der Waals surface area contributed by atoms with Gasteiger partial charge in [0.2, 0.25) is 0 Å². The summed E-state index contributed by atoms with van der Waals surface area (Å²) in [6.45, 7) is 4.83. The molecule has 12 aromatic carbocycles. The lowest BCUT2D eigenvalue weighted by Crippen LogP contribution is -2.28. The zero-order chi connectivity index (χ0) is 50.3. The van der Waals surface area contributed by atoms with Crippen molar-refractivity contribution >= 4 is 49.6 Å². The number of anilines is 3. The van der Waals surface area contributed by atoms with Crippen LogP contribution in [-0.2, 0) is 10.8 Å². The van der Waals surface area contributed by atoms with E-state index in [1.165, 1.54) is 127 Å². The first-order chi connectivity index (χ1) is 37.5. The van der Waals surface area contributed by atoms with E-state index in [0.29, 0.717) is 0 Å². The van der Waals surface area contributed by atoms with Crippen LogP contribution in [0.4, 0.5) is 17.1 Å². The second-order valence-corrected chi connectivity index (χ2v) is 21.5. The normalized spacial score (nSPS) is 13.9. The van der Waals surface area contributed by atoms with Gasteiger partial charge in [-0.3, -0.25) is 0 Å². The zero-order valence-corrected chi connectivity index (χ0v) is 42.3. The van der Waals surface area contributed by atoms with Crippen LogP contribution in [0.3, 0.4) is 0 Å². The highest BCUT2D eigenvalue weighted by atomic mass is 15.1. The molecule has 0 amide bonds. The third-order valence-electron chi connectivity index (χ3n) is 17.4. The van der Waals surface area contributed by atoms with Crippen LogP contribution in [0.25, 0.3) is 93.9 Å². The van der Waals surface area contributed by atoms with Gasteiger partial charge in [0.1, 0.15) is 0 Å². The van der Waals surface area contributed by atoms with Crippen LogP contribution in [0.1, 0.15) is 47.2 Å². The van der Waals surface area contributed by atoms with Crippen molar-refractivity contribution in [2.24, 2.45) is 0 Å². The number of hydrogen-bond acceptors (Lipinski definition) is 1. The fraction of sp³-hybridized carbons (Fsp3) is 0.0541. The third kappa shape index (κ3) is 5.81. The van der Waals surface area contributed by atoms with Crippen molar-refractivity contribution in [3.8, 4) is 61.3 Å². The molecule has 2 aliphatic carbocycles. The number of rotatable bonds is 7. The van der Waals surface area contributed by atoms with Crippen LogP contribution in [0.5, 0.6) is 0 Å². The summed E-state index contributed by atoms with van der Waals surface area (Å²) < 4.78 is 2.56. The lowest BCUT2D eigenvalue weighted by molar-refractivity contribution is 0.661. The van der Waals surface area contributed by atoms with Gasteiger partial charge in [0.05, 0.1) is 27.8 Å². The van der Waals surface area contributed by atoms with Gasteiger partial charge in [-0.25, -0.2) is 0 Å². The summed E-state index contributed by atoms with van der Waals surface area (Å²) in [6.07, 6.45) is 0. The van der Waals surface area contributed by atoms with Crippen molar-refractivity contribution < 1.29 is 0 Å². The lowest BCUT2D eigenvalue weighted by Gasteiger charge is -2.34. The van der Waals surface area contributed by atoms with Crippen molar-refractivity contribution in [3.63, 3.8) is 0 Å². The topological polar surface area (TPSA) is 8.17 Å². The molecule has 0 bridgehead atoms. The molecule has 2 heterocycles. The van der Waals surface area contributed by atoms with Crippen LogP contribution >= 0.6 is 0 Å². The summed E-state index contributed by atoms with van der Waals surface area (Å²) in [5, 5.41) is 5.06. The molecule has 356 valence electrons. The molecule has 0 saturated heterocycles. The number of aromatic nitrogens is 1. The van der Waals surface area contributed by atoms with Crippen molar-refractivity contribution in [1.82, 2.24) is 4.57 Å². The average Bonchev–Trinajstić information content (AvgIpc) is 4.06. The van der Waals surface area contributed by atoms with Gasteiger partial charge in [0, 0.05) is 44.3 Å². The largest absolute Gasteiger partial charge is 0.310 e. The zero-order valence-electron chi connectivity index (χ0n) is 42.3. The maximum Gasteiger partial charge on any atom is 0.0714 e. The van der Waals surface area contributed by atoms with E-state index in [-0.39, 0.29) is 5.41 Å². The summed E-state index contributed by atoms with van der Waals surface area (Å²) >= 11 is 0. The molecule has 16 rings (SSSR count). The first kappa shape index (κ1) is 43.0. The van der Waals surface area contributed by atoms with E-state index < -0.39 is 5.41 Å². The molecular weight excluding hydrogens is 917 g/mol. The monoisotopic (exact) mass is 966 g/mol. The van der Waals surface area contributed by atoms with Crippen LogP contribution in [0.15, 0.2) is 267 Å². The highest BCUT2D eigenvalue weighted by molar-refractivity contribution is 6.20. The molecule has 0 N–H and O–H groups in total. The van der Waals surface area contributed by atoms with Gasteiger partial charge in [-0.15, -0.1) is 0 Å². The number of fused-ring (bicyclic) bond motifs is 10. The maximum atomic E-state index is 2.56. The Morgan fingerprint density at radius 3 is 1.75 bits per heavy atom. The van der Waals surface area contributed by atoms with Gasteiger partial charge < -0.3 is 9.47 Å². The lowest BCUT2D eigenvalue weighted by atomic mass is 9.68. The van der Waals surface area contributed by atoms with E-state index in [1.54, 1.807) is 0 Å². The van der Waals surface area contributed by atoms with Crippen molar-refractivity contribution in [2.45, 2.75) is 24.7 Å². The molecule has 0 atom stereocenters. The van der Waals surface area contributed by atoms with E-state index in [4.69, 9.17) is 0 Å². The highest BCUT2D eigenvalue weighted by Gasteiger charge is 2.48. The fourth-order valence-corrected chi connectivity index (χ4v) is 14.1. The molecule has 0 unspecified atom stereocenters. The van der Waals surface area contributed by atoms with Crippen LogP contribution in [0, 0.1) is 0 Å².